The lowest BCUT2D eigenvalue weighted by Gasteiger charge is -2.14. The fraction of sp³-hybridized carbons (Fsp3) is 0.316. The third-order valence-corrected chi connectivity index (χ3v) is 5.80. The highest BCUT2D eigenvalue weighted by molar-refractivity contribution is 7.99. The van der Waals surface area contributed by atoms with Gasteiger partial charge in [0.15, 0.2) is 11.5 Å². The molecule has 30 heavy (non-hydrogen) atoms. The van der Waals surface area contributed by atoms with Crippen molar-refractivity contribution < 1.29 is 21.9 Å². The van der Waals surface area contributed by atoms with Crippen LogP contribution in [0.4, 0.5) is 0 Å². The first kappa shape index (κ1) is 24.6. The van der Waals surface area contributed by atoms with Gasteiger partial charge in [0.05, 0.1) is 7.11 Å². The number of aryl methyl sites for hydroxylation is 1. The zero-order valence-electron chi connectivity index (χ0n) is 16.4. The fourth-order valence-corrected chi connectivity index (χ4v) is 3.81. The van der Waals surface area contributed by atoms with Crippen LogP contribution < -0.4 is 27.2 Å². The smallest absolute Gasteiger partial charge is 0.209 e. The minimum Gasteiger partial charge on any atom is -1.00 e. The summed E-state index contributed by atoms with van der Waals surface area (Å²) in [5.41, 5.74) is 1.84. The van der Waals surface area contributed by atoms with Crippen molar-refractivity contribution in [2.75, 3.05) is 19.4 Å². The summed E-state index contributed by atoms with van der Waals surface area (Å²) < 4.78 is 13.0. The van der Waals surface area contributed by atoms with Gasteiger partial charge in [-0.05, 0) is 40.3 Å². The Kier molecular flexibility index (Phi) is 10.0. The Labute approximate surface area is 195 Å². The van der Waals surface area contributed by atoms with Crippen molar-refractivity contribution in [3.63, 3.8) is 0 Å². The standard InChI is InChI=1S/C19H21Cl2N5O2S.ClH/c1-26-19(23-24-25-26)29-9-8-22-11-13-6-7-17(18(10-13)27-2)28-12-14-15(20)4-3-5-16(14)21;/h3-7,10,22H,8-9,11-12H2,1-2H3;1H/p-1. The molecular weight excluding hydrogens is 469 g/mol. The van der Waals surface area contributed by atoms with E-state index in [1.165, 1.54) is 0 Å². The molecule has 0 unspecified atom stereocenters. The van der Waals surface area contributed by atoms with Gasteiger partial charge in [0.25, 0.3) is 0 Å². The Balaban J connectivity index is 0.00000320. The number of thioether (sulfide) groups is 1. The van der Waals surface area contributed by atoms with Crippen LogP contribution in [-0.4, -0.2) is 39.6 Å². The second-order valence-corrected chi connectivity index (χ2v) is 7.96. The molecule has 3 rings (SSSR count). The number of rotatable bonds is 10. The average molecular weight is 490 g/mol. The van der Waals surface area contributed by atoms with Gasteiger partial charge in [0.2, 0.25) is 5.16 Å². The predicted molar refractivity (Wildman–Crippen MR) is 115 cm³/mol. The molecule has 0 fully saturated rings. The summed E-state index contributed by atoms with van der Waals surface area (Å²) in [6.45, 7) is 1.80. The molecule has 0 bridgehead atoms. The van der Waals surface area contributed by atoms with Crippen molar-refractivity contribution >= 4 is 35.0 Å². The quantitative estimate of drug-likeness (QED) is 0.336. The summed E-state index contributed by atoms with van der Waals surface area (Å²) >= 11 is 14.0. The molecule has 1 aromatic heterocycles. The molecule has 162 valence electrons. The molecule has 1 heterocycles. The van der Waals surface area contributed by atoms with Crippen LogP contribution in [0.3, 0.4) is 0 Å². The first-order valence-electron chi connectivity index (χ1n) is 8.87. The topological polar surface area (TPSA) is 74.1 Å². The molecule has 0 spiro atoms. The largest absolute Gasteiger partial charge is 1.00 e. The minimum absolute atomic E-state index is 0. The van der Waals surface area contributed by atoms with Gasteiger partial charge in [-0.15, -0.1) is 5.10 Å². The highest BCUT2D eigenvalue weighted by Crippen LogP contribution is 2.31. The number of benzene rings is 2. The van der Waals surface area contributed by atoms with E-state index in [9.17, 15) is 0 Å². The molecule has 7 nitrogen and oxygen atoms in total. The van der Waals surface area contributed by atoms with Crippen LogP contribution in [0, 0.1) is 0 Å². The Bertz CT molecular complexity index is 937. The Hall–Kier alpha value is -1.71. The molecule has 0 saturated carbocycles. The number of halogens is 3. The molecule has 1 N–H and O–H groups in total. The predicted octanol–water partition coefficient (Wildman–Crippen LogP) is 0.990. The first-order chi connectivity index (χ1) is 14.1. The van der Waals surface area contributed by atoms with E-state index in [2.05, 4.69) is 20.8 Å². The zero-order valence-corrected chi connectivity index (χ0v) is 19.5. The van der Waals surface area contributed by atoms with E-state index in [1.54, 1.807) is 41.8 Å². The lowest BCUT2D eigenvalue weighted by Crippen LogP contribution is -3.00. The van der Waals surface area contributed by atoms with Crippen molar-refractivity contribution in [3.8, 4) is 11.5 Å². The minimum atomic E-state index is 0. The molecule has 0 saturated heterocycles. The molecule has 3 aromatic rings. The van der Waals surface area contributed by atoms with Crippen LogP contribution in [0.2, 0.25) is 10.0 Å². The van der Waals surface area contributed by atoms with Gasteiger partial charge in [-0.1, -0.05) is 47.1 Å². The van der Waals surface area contributed by atoms with Gasteiger partial charge in [-0.3, -0.25) is 0 Å². The lowest BCUT2D eigenvalue weighted by molar-refractivity contribution is -0.00000650. The van der Waals surface area contributed by atoms with E-state index in [4.69, 9.17) is 32.7 Å². The van der Waals surface area contributed by atoms with Crippen LogP contribution in [0.15, 0.2) is 41.6 Å². The molecule has 0 atom stereocenters. The molecule has 0 aliphatic rings. The summed E-state index contributed by atoms with van der Waals surface area (Å²) in [6, 6.07) is 11.2. The van der Waals surface area contributed by atoms with Crippen LogP contribution in [0.5, 0.6) is 11.5 Å². The normalized spacial score (nSPS) is 10.5. The van der Waals surface area contributed by atoms with E-state index in [-0.39, 0.29) is 19.0 Å². The number of ether oxygens (including phenoxy) is 2. The maximum Gasteiger partial charge on any atom is 0.209 e. The van der Waals surface area contributed by atoms with E-state index in [1.807, 2.05) is 25.2 Å². The van der Waals surface area contributed by atoms with E-state index in [0.29, 0.717) is 28.1 Å². The summed E-state index contributed by atoms with van der Waals surface area (Å²) in [4.78, 5) is 0. The number of hydrogen-bond donors (Lipinski definition) is 1. The van der Waals surface area contributed by atoms with Gasteiger partial charge < -0.3 is 27.2 Å². The maximum absolute atomic E-state index is 6.20. The van der Waals surface area contributed by atoms with Crippen molar-refractivity contribution in [3.05, 3.63) is 57.6 Å². The highest BCUT2D eigenvalue weighted by Gasteiger charge is 2.10. The monoisotopic (exact) mass is 488 g/mol. The van der Waals surface area contributed by atoms with Crippen LogP contribution in [0.25, 0.3) is 0 Å². The number of nitrogens with one attached hydrogen (secondary N) is 1. The average Bonchev–Trinajstić information content (AvgIpc) is 3.12. The molecule has 0 aliphatic heterocycles. The molecule has 0 aliphatic carbocycles. The van der Waals surface area contributed by atoms with Gasteiger partial charge in [0.1, 0.15) is 6.61 Å². The second-order valence-electron chi connectivity index (χ2n) is 6.08. The van der Waals surface area contributed by atoms with Gasteiger partial charge in [0, 0.05) is 41.5 Å². The van der Waals surface area contributed by atoms with Crippen molar-refractivity contribution in [1.82, 2.24) is 25.5 Å². The van der Waals surface area contributed by atoms with Crippen LogP contribution in [0.1, 0.15) is 11.1 Å². The second kappa shape index (κ2) is 12.2. The van der Waals surface area contributed by atoms with E-state index in [0.717, 1.165) is 28.6 Å². The number of tetrazole rings is 1. The van der Waals surface area contributed by atoms with Crippen molar-refractivity contribution in [1.29, 1.82) is 0 Å². The molecule has 2 aromatic carbocycles. The number of nitrogens with zero attached hydrogens (tertiary/aromatic N) is 4. The summed E-state index contributed by atoms with van der Waals surface area (Å²) in [5, 5.41) is 16.7. The maximum atomic E-state index is 6.20. The fourth-order valence-electron chi connectivity index (χ4n) is 2.55. The highest BCUT2D eigenvalue weighted by atomic mass is 35.5. The van der Waals surface area contributed by atoms with Crippen LogP contribution >= 0.6 is 35.0 Å². The SMILES string of the molecule is COc1cc(CNCCSc2nnnn2C)ccc1OCc1c(Cl)cccc1Cl.[Cl-]. The molecule has 0 radical (unpaired) electrons. The van der Waals surface area contributed by atoms with Crippen molar-refractivity contribution in [2.45, 2.75) is 18.3 Å². The van der Waals surface area contributed by atoms with Crippen molar-refractivity contribution in [2.24, 2.45) is 7.05 Å². The van der Waals surface area contributed by atoms with E-state index >= 15 is 0 Å². The van der Waals surface area contributed by atoms with Gasteiger partial charge >= 0.3 is 0 Å². The Morgan fingerprint density at radius 1 is 1.13 bits per heavy atom. The lowest BCUT2D eigenvalue weighted by atomic mass is 10.2. The van der Waals surface area contributed by atoms with Gasteiger partial charge in [-0.2, -0.15) is 0 Å². The summed E-state index contributed by atoms with van der Waals surface area (Å²) in [6.07, 6.45) is 0. The number of hydrogen-bond acceptors (Lipinski definition) is 7. The Morgan fingerprint density at radius 2 is 1.90 bits per heavy atom. The van der Waals surface area contributed by atoms with Gasteiger partial charge in [-0.25, -0.2) is 4.68 Å². The molecular formula is C19H21Cl3N5O2S-. The van der Waals surface area contributed by atoms with Crippen LogP contribution in [-0.2, 0) is 20.2 Å². The first-order valence-corrected chi connectivity index (χ1v) is 10.6. The van der Waals surface area contributed by atoms with E-state index < -0.39 is 0 Å². The number of methoxy groups -OCH3 is 1. The third kappa shape index (κ3) is 6.65. The summed E-state index contributed by atoms with van der Waals surface area (Å²) in [5.74, 6) is 2.16. The summed E-state index contributed by atoms with van der Waals surface area (Å²) in [7, 11) is 3.44. The number of aromatic nitrogens is 4. The third-order valence-electron chi connectivity index (χ3n) is 4.08. The molecule has 0 amide bonds. The Morgan fingerprint density at radius 3 is 2.57 bits per heavy atom. The zero-order chi connectivity index (χ0) is 20.6. The molecule has 11 heteroatoms.